The van der Waals surface area contributed by atoms with Gasteiger partial charge >= 0.3 is 0 Å². The van der Waals surface area contributed by atoms with Crippen LogP contribution in [0.5, 0.6) is 5.75 Å². The van der Waals surface area contributed by atoms with Crippen LogP contribution >= 0.6 is 24.0 Å². The summed E-state index contributed by atoms with van der Waals surface area (Å²) < 4.78 is 7.77. The van der Waals surface area contributed by atoms with Gasteiger partial charge in [0.15, 0.2) is 5.96 Å². The lowest BCUT2D eigenvalue weighted by Crippen LogP contribution is -2.40. The Morgan fingerprint density at radius 3 is 2.52 bits per heavy atom. The Kier molecular flexibility index (Phi) is 10.2. The van der Waals surface area contributed by atoms with Crippen LogP contribution in [0.15, 0.2) is 35.3 Å². The lowest BCUT2D eigenvalue weighted by atomic mass is 10.1. The second-order valence-corrected chi connectivity index (χ2v) is 6.19. The lowest BCUT2D eigenvalue weighted by molar-refractivity contribution is 0.281. The molecule has 1 aromatic carbocycles. The average molecular weight is 485 g/mol. The van der Waals surface area contributed by atoms with Crippen LogP contribution in [-0.4, -0.2) is 47.9 Å². The van der Waals surface area contributed by atoms with E-state index in [1.165, 1.54) is 11.3 Å². The van der Waals surface area contributed by atoms with Crippen molar-refractivity contribution in [2.45, 2.75) is 33.2 Å². The summed E-state index contributed by atoms with van der Waals surface area (Å²) in [6.45, 7) is 6.41. The zero-order valence-corrected chi connectivity index (χ0v) is 19.4. The van der Waals surface area contributed by atoms with Crippen LogP contribution in [0.4, 0.5) is 0 Å². The number of likely N-dealkylation sites (N-methyl/N-ethyl adjacent to an activating group) is 1. The number of ether oxygens (including phenoxy) is 1. The minimum Gasteiger partial charge on any atom is -0.492 e. The number of aliphatic imine (C=N–C) groups is 1. The highest BCUT2D eigenvalue weighted by Gasteiger charge is 2.14. The van der Waals surface area contributed by atoms with Crippen molar-refractivity contribution in [2.75, 3.05) is 27.2 Å². The number of hydrogen-bond donors (Lipinski definition) is 1. The molecule has 1 aromatic heterocycles. The topological polar surface area (TPSA) is 54.7 Å². The molecule has 0 saturated heterocycles. The van der Waals surface area contributed by atoms with Crippen molar-refractivity contribution in [2.24, 2.45) is 12.0 Å². The van der Waals surface area contributed by atoms with E-state index in [2.05, 4.69) is 34.2 Å². The predicted octanol–water partition coefficient (Wildman–Crippen LogP) is 3.25. The molecule has 0 aliphatic heterocycles. The second kappa shape index (κ2) is 11.8. The van der Waals surface area contributed by atoms with Crippen molar-refractivity contribution in [1.82, 2.24) is 20.0 Å². The highest BCUT2D eigenvalue weighted by Crippen LogP contribution is 2.15. The molecule has 2 aromatic rings. The summed E-state index contributed by atoms with van der Waals surface area (Å²) in [5.41, 5.74) is 3.72. The molecule has 0 amide bonds. The first kappa shape index (κ1) is 23.3. The van der Waals surface area contributed by atoms with Crippen molar-refractivity contribution < 1.29 is 4.74 Å². The molecule has 0 radical (unpaired) electrons. The van der Waals surface area contributed by atoms with Gasteiger partial charge in [0.05, 0.1) is 12.2 Å². The van der Waals surface area contributed by atoms with E-state index in [-0.39, 0.29) is 24.0 Å². The molecule has 150 valence electrons. The van der Waals surface area contributed by atoms with Crippen LogP contribution in [0.25, 0.3) is 0 Å². The van der Waals surface area contributed by atoms with Gasteiger partial charge in [0.25, 0.3) is 0 Å². The van der Waals surface area contributed by atoms with Crippen molar-refractivity contribution in [3.8, 4) is 5.75 Å². The van der Waals surface area contributed by atoms with Gasteiger partial charge in [0, 0.05) is 38.9 Å². The molecule has 0 aliphatic rings. The quantitative estimate of drug-likeness (QED) is 0.355. The smallest absolute Gasteiger partial charge is 0.193 e. The molecule has 0 fully saturated rings. The number of nitrogens with zero attached hydrogens (tertiary/aromatic N) is 4. The SMILES string of the molecule is CCc1nn(C)c(CC)c1CNC(=NC)N(C)CCOc1ccccc1.I. The summed E-state index contributed by atoms with van der Waals surface area (Å²) in [5, 5.41) is 8.10. The molecule has 7 heteroatoms. The van der Waals surface area contributed by atoms with Gasteiger partial charge in [-0.05, 0) is 25.0 Å². The summed E-state index contributed by atoms with van der Waals surface area (Å²) in [4.78, 5) is 6.48. The standard InChI is InChI=1S/C20H31N5O.HI/c1-6-18-17(19(7-2)25(5)23-18)15-22-20(21-3)24(4)13-14-26-16-11-9-8-10-12-16;/h8-12H,6-7,13-15H2,1-5H3,(H,21,22);1H. The maximum atomic E-state index is 5.77. The third-order valence-electron chi connectivity index (χ3n) is 4.46. The number of aromatic nitrogens is 2. The average Bonchev–Trinajstić information content (AvgIpc) is 2.97. The maximum absolute atomic E-state index is 5.77. The Labute approximate surface area is 180 Å². The first-order chi connectivity index (χ1) is 12.6. The molecule has 1 heterocycles. The highest BCUT2D eigenvalue weighted by molar-refractivity contribution is 14.0. The van der Waals surface area contributed by atoms with E-state index in [9.17, 15) is 0 Å². The summed E-state index contributed by atoms with van der Waals surface area (Å²) in [6, 6.07) is 9.87. The molecular formula is C20H32IN5O. The van der Waals surface area contributed by atoms with Crippen LogP contribution in [-0.2, 0) is 26.4 Å². The third-order valence-corrected chi connectivity index (χ3v) is 4.46. The number of benzene rings is 1. The number of guanidine groups is 1. The zero-order chi connectivity index (χ0) is 18.9. The van der Waals surface area contributed by atoms with E-state index in [1.54, 1.807) is 0 Å². The summed E-state index contributed by atoms with van der Waals surface area (Å²) in [7, 11) is 5.85. The van der Waals surface area contributed by atoms with E-state index >= 15 is 0 Å². The molecule has 0 bridgehead atoms. The number of halogens is 1. The normalized spacial score (nSPS) is 11.1. The van der Waals surface area contributed by atoms with E-state index in [0.29, 0.717) is 6.61 Å². The fourth-order valence-electron chi connectivity index (χ4n) is 3.07. The first-order valence-corrected chi connectivity index (χ1v) is 9.23. The maximum Gasteiger partial charge on any atom is 0.193 e. The number of hydrogen-bond acceptors (Lipinski definition) is 3. The van der Waals surface area contributed by atoms with Gasteiger partial charge in [-0.3, -0.25) is 9.67 Å². The monoisotopic (exact) mass is 485 g/mol. The summed E-state index contributed by atoms with van der Waals surface area (Å²) >= 11 is 0. The molecule has 0 unspecified atom stereocenters. The second-order valence-electron chi connectivity index (χ2n) is 6.19. The van der Waals surface area contributed by atoms with E-state index < -0.39 is 0 Å². The Balaban J connectivity index is 0.00000364. The molecule has 0 spiro atoms. The number of para-hydroxylation sites is 1. The third kappa shape index (κ3) is 6.41. The van der Waals surface area contributed by atoms with Crippen molar-refractivity contribution in [3.05, 3.63) is 47.3 Å². The molecule has 27 heavy (non-hydrogen) atoms. The lowest BCUT2D eigenvalue weighted by Gasteiger charge is -2.22. The van der Waals surface area contributed by atoms with Crippen LogP contribution < -0.4 is 10.1 Å². The highest BCUT2D eigenvalue weighted by atomic mass is 127. The Morgan fingerprint density at radius 1 is 1.22 bits per heavy atom. The molecular weight excluding hydrogens is 453 g/mol. The molecule has 6 nitrogen and oxygen atoms in total. The van der Waals surface area contributed by atoms with Gasteiger partial charge in [0.1, 0.15) is 12.4 Å². The van der Waals surface area contributed by atoms with Gasteiger partial charge in [-0.2, -0.15) is 5.10 Å². The van der Waals surface area contributed by atoms with E-state index in [4.69, 9.17) is 4.74 Å². The molecule has 0 saturated carbocycles. The largest absolute Gasteiger partial charge is 0.492 e. The van der Waals surface area contributed by atoms with Crippen molar-refractivity contribution in [3.63, 3.8) is 0 Å². The van der Waals surface area contributed by atoms with Gasteiger partial charge in [-0.1, -0.05) is 32.0 Å². The van der Waals surface area contributed by atoms with Crippen LogP contribution in [0.1, 0.15) is 30.8 Å². The van der Waals surface area contributed by atoms with Gasteiger partial charge in [0.2, 0.25) is 0 Å². The number of aryl methyl sites for hydroxylation is 2. The number of nitrogens with one attached hydrogen (secondary N) is 1. The van der Waals surface area contributed by atoms with E-state index in [0.717, 1.165) is 43.3 Å². The molecule has 1 N–H and O–H groups in total. The van der Waals surface area contributed by atoms with E-state index in [1.807, 2.05) is 56.2 Å². The molecule has 2 rings (SSSR count). The van der Waals surface area contributed by atoms with Gasteiger partial charge in [-0.25, -0.2) is 0 Å². The summed E-state index contributed by atoms with van der Waals surface area (Å²) in [5.74, 6) is 1.74. The minimum absolute atomic E-state index is 0. The fourth-order valence-corrected chi connectivity index (χ4v) is 3.07. The van der Waals surface area contributed by atoms with Crippen LogP contribution in [0, 0.1) is 0 Å². The Bertz CT molecular complexity index is 715. The summed E-state index contributed by atoms with van der Waals surface area (Å²) in [6.07, 6.45) is 1.91. The minimum atomic E-state index is 0. The van der Waals surface area contributed by atoms with Crippen molar-refractivity contribution in [1.29, 1.82) is 0 Å². The fraction of sp³-hybridized carbons (Fsp3) is 0.500. The predicted molar refractivity (Wildman–Crippen MR) is 122 cm³/mol. The Hall–Kier alpha value is -1.77. The van der Waals surface area contributed by atoms with Crippen LogP contribution in [0.3, 0.4) is 0 Å². The number of rotatable bonds is 8. The molecule has 0 aliphatic carbocycles. The van der Waals surface area contributed by atoms with Gasteiger partial charge in [-0.15, -0.1) is 24.0 Å². The first-order valence-electron chi connectivity index (χ1n) is 9.23. The zero-order valence-electron chi connectivity index (χ0n) is 17.0. The van der Waals surface area contributed by atoms with Gasteiger partial charge < -0.3 is 15.0 Å². The van der Waals surface area contributed by atoms with Crippen molar-refractivity contribution >= 4 is 29.9 Å². The van der Waals surface area contributed by atoms with Crippen LogP contribution in [0.2, 0.25) is 0 Å². The molecule has 0 atom stereocenters. The Morgan fingerprint density at radius 2 is 1.93 bits per heavy atom.